The summed E-state index contributed by atoms with van der Waals surface area (Å²) in [5, 5.41) is 8.53. The van der Waals surface area contributed by atoms with Crippen LogP contribution in [0, 0.1) is 54.4 Å². The molecule has 1 heterocycles. The predicted octanol–water partition coefficient (Wildman–Crippen LogP) is 5.10. The van der Waals surface area contributed by atoms with E-state index in [2.05, 4.69) is 34.7 Å². The Kier molecular flexibility index (Phi) is 11.9. The largest absolute Gasteiger partial charge is 0.430 e. The van der Waals surface area contributed by atoms with E-state index < -0.39 is 0 Å². The Morgan fingerprint density at radius 1 is 1.15 bits per heavy atom. The molecule has 2 aromatic rings. The van der Waals surface area contributed by atoms with Crippen LogP contribution in [0.1, 0.15) is 74.0 Å². The molecular weight excluding hydrogens is 636 g/mol. The van der Waals surface area contributed by atoms with Gasteiger partial charge in [-0.2, -0.15) is 0 Å². The van der Waals surface area contributed by atoms with Gasteiger partial charge in [-0.3, -0.25) is 14.8 Å². The molecule has 1 fully saturated rings. The van der Waals surface area contributed by atoms with Crippen molar-refractivity contribution in [1.82, 2.24) is 9.97 Å². The van der Waals surface area contributed by atoms with Gasteiger partial charge in [-0.1, -0.05) is 30.8 Å². The van der Waals surface area contributed by atoms with Crippen LogP contribution < -0.4 is 0 Å². The molecule has 5 nitrogen and oxygen atoms in total. The van der Waals surface area contributed by atoms with Crippen LogP contribution in [-0.4, -0.2) is 27.7 Å². The van der Waals surface area contributed by atoms with Crippen LogP contribution in [0.3, 0.4) is 0 Å². The first-order valence-electron chi connectivity index (χ1n) is 11.6. The molecule has 0 amide bonds. The second kappa shape index (κ2) is 14.4. The molecule has 0 saturated heterocycles. The number of nitrogens with one attached hydrogen (secondary N) is 1. The maximum Gasteiger partial charge on any atom is 0.167 e. The molecule has 172 valence electrons. The van der Waals surface area contributed by atoms with E-state index in [1.165, 1.54) is 17.2 Å². The number of nitrogens with zero attached hydrogens (tertiary/aromatic N) is 2. The first kappa shape index (κ1) is 27.3. The van der Waals surface area contributed by atoms with Gasteiger partial charge in [0.2, 0.25) is 0 Å². The fourth-order valence-corrected chi connectivity index (χ4v) is 4.49. The SMILES string of the molecule is C=CC(=O)CCCc1ccccc1Cc1[c-]cnc(C(=N)CC2CCC(CC=O)CC2)n1.[U]. The summed E-state index contributed by atoms with van der Waals surface area (Å²) in [6.07, 6.45) is 12.4. The number of carbonyl (C=O) groups is 2. The standard InChI is InChI=1S/C27H32N3O2.U/c1-2-25(32)9-5-8-22-6-3-4-7-23(22)19-24-14-16-29-27(30-24)26(28)18-21-12-10-20(11-13-21)15-17-31;/h2-4,6-7,16-17,20-21,28H,1,5,8-13,15,18-19H2;/q-1;. The second-order valence-corrected chi connectivity index (χ2v) is 8.73. The number of allylic oxidation sites excluding steroid dienone is 1. The minimum absolute atomic E-state index is 0. The van der Waals surface area contributed by atoms with Gasteiger partial charge >= 0.3 is 0 Å². The van der Waals surface area contributed by atoms with Crippen LogP contribution >= 0.6 is 0 Å². The molecule has 0 unspecified atom stereocenters. The van der Waals surface area contributed by atoms with Crippen LogP contribution in [0.2, 0.25) is 0 Å². The molecule has 0 radical (unpaired) electrons. The molecule has 1 saturated carbocycles. The van der Waals surface area contributed by atoms with Gasteiger partial charge in [-0.25, -0.2) is 0 Å². The summed E-state index contributed by atoms with van der Waals surface area (Å²) in [6.45, 7) is 3.53. The minimum atomic E-state index is 0. The van der Waals surface area contributed by atoms with Crippen LogP contribution in [-0.2, 0) is 22.4 Å². The number of rotatable bonds is 12. The van der Waals surface area contributed by atoms with Crippen LogP contribution in [0.25, 0.3) is 0 Å². The normalized spacial score (nSPS) is 17.6. The summed E-state index contributed by atoms with van der Waals surface area (Å²) in [5.41, 5.74) is 3.64. The third-order valence-electron chi connectivity index (χ3n) is 6.39. The molecule has 0 bridgehead atoms. The Bertz CT molecular complexity index is 952. The fraction of sp³-hybridized carbons (Fsp3) is 0.444. The molecule has 1 aliphatic rings. The topological polar surface area (TPSA) is 83.8 Å². The van der Waals surface area contributed by atoms with Crippen molar-refractivity contribution in [2.24, 2.45) is 11.8 Å². The Hall–Kier alpha value is -1.90. The molecule has 0 aliphatic heterocycles. The Morgan fingerprint density at radius 3 is 2.55 bits per heavy atom. The molecule has 0 spiro atoms. The molecule has 1 N–H and O–H groups in total. The average Bonchev–Trinajstić information content (AvgIpc) is 2.81. The second-order valence-electron chi connectivity index (χ2n) is 8.73. The third-order valence-corrected chi connectivity index (χ3v) is 6.39. The van der Waals surface area contributed by atoms with Crippen molar-refractivity contribution in [3.63, 3.8) is 0 Å². The third kappa shape index (κ3) is 8.76. The molecule has 3 rings (SSSR count). The van der Waals surface area contributed by atoms with Gasteiger partial charge in [-0.05, 0) is 80.4 Å². The van der Waals surface area contributed by atoms with Gasteiger partial charge in [0, 0.05) is 44.0 Å². The summed E-state index contributed by atoms with van der Waals surface area (Å²) in [7, 11) is 0. The van der Waals surface area contributed by atoms with Gasteiger partial charge in [0.1, 0.15) is 6.29 Å². The molecule has 1 aromatic carbocycles. The monoisotopic (exact) mass is 668 g/mol. The van der Waals surface area contributed by atoms with Crippen molar-refractivity contribution >= 4 is 17.8 Å². The number of carbonyl (C=O) groups excluding carboxylic acids is 2. The summed E-state index contributed by atoms with van der Waals surface area (Å²) in [6, 6.07) is 11.3. The number of hydrogen-bond donors (Lipinski definition) is 1. The van der Waals surface area contributed by atoms with Gasteiger partial charge < -0.3 is 16.3 Å². The van der Waals surface area contributed by atoms with E-state index in [-0.39, 0.29) is 36.9 Å². The van der Waals surface area contributed by atoms with E-state index in [1.54, 1.807) is 6.20 Å². The fourth-order valence-electron chi connectivity index (χ4n) is 4.49. The Labute approximate surface area is 220 Å². The maximum atomic E-state index is 11.5. The number of ketones is 1. The number of aromatic nitrogens is 2. The quantitative estimate of drug-likeness (QED) is 0.148. The van der Waals surface area contributed by atoms with Gasteiger partial charge in [-0.15, -0.1) is 11.9 Å². The van der Waals surface area contributed by atoms with E-state index in [9.17, 15) is 9.59 Å². The van der Waals surface area contributed by atoms with Crippen molar-refractivity contribution in [3.8, 4) is 0 Å². The van der Waals surface area contributed by atoms with Crippen LogP contribution in [0.15, 0.2) is 43.1 Å². The minimum Gasteiger partial charge on any atom is -0.430 e. The summed E-state index contributed by atoms with van der Waals surface area (Å²) in [4.78, 5) is 31.2. The first-order chi connectivity index (χ1) is 15.6. The molecule has 1 aliphatic carbocycles. The van der Waals surface area contributed by atoms with E-state index in [4.69, 9.17) is 5.41 Å². The van der Waals surface area contributed by atoms with Crippen molar-refractivity contribution in [2.75, 3.05) is 0 Å². The van der Waals surface area contributed by atoms with Gasteiger partial charge in [0.25, 0.3) is 0 Å². The van der Waals surface area contributed by atoms with E-state index in [0.29, 0.717) is 49.1 Å². The summed E-state index contributed by atoms with van der Waals surface area (Å²) < 4.78 is 0. The van der Waals surface area contributed by atoms with Crippen molar-refractivity contribution in [2.45, 2.75) is 64.2 Å². The predicted molar refractivity (Wildman–Crippen MR) is 126 cm³/mol. The zero-order valence-corrected chi connectivity index (χ0v) is 23.3. The summed E-state index contributed by atoms with van der Waals surface area (Å²) >= 11 is 0. The first-order valence-corrected chi connectivity index (χ1v) is 11.6. The molecule has 0 atom stereocenters. The molecule has 33 heavy (non-hydrogen) atoms. The van der Waals surface area contributed by atoms with Crippen molar-refractivity contribution in [3.05, 3.63) is 71.8 Å². The molecular formula is C27H32N3O2U-. The number of benzene rings is 1. The molecule has 1 aromatic heterocycles. The van der Waals surface area contributed by atoms with Crippen molar-refractivity contribution < 1.29 is 40.7 Å². The van der Waals surface area contributed by atoms with Gasteiger partial charge in [0.05, 0.1) is 5.71 Å². The molecule has 6 heteroatoms. The van der Waals surface area contributed by atoms with E-state index in [0.717, 1.165) is 50.5 Å². The number of aldehydes is 1. The van der Waals surface area contributed by atoms with E-state index in [1.807, 2.05) is 12.1 Å². The van der Waals surface area contributed by atoms with Crippen LogP contribution in [0.4, 0.5) is 0 Å². The number of hydrogen-bond acceptors (Lipinski definition) is 5. The zero-order chi connectivity index (χ0) is 22.8. The van der Waals surface area contributed by atoms with E-state index >= 15 is 0 Å². The summed E-state index contributed by atoms with van der Waals surface area (Å²) in [5.74, 6) is 1.55. The Balaban J connectivity index is 0.00000385. The maximum absolute atomic E-state index is 11.5. The number of aryl methyl sites for hydroxylation is 1. The Morgan fingerprint density at radius 2 is 1.85 bits per heavy atom. The smallest absolute Gasteiger partial charge is 0.167 e. The van der Waals surface area contributed by atoms with Crippen LogP contribution in [0.5, 0.6) is 0 Å². The van der Waals surface area contributed by atoms with Crippen molar-refractivity contribution in [1.29, 1.82) is 5.41 Å². The zero-order valence-electron chi connectivity index (χ0n) is 19.2. The average molecular weight is 669 g/mol. The van der Waals surface area contributed by atoms with Gasteiger partial charge in [0.15, 0.2) is 11.6 Å².